The Morgan fingerprint density at radius 2 is 2.45 bits per heavy atom. The second kappa shape index (κ2) is 2.23. The first-order valence-electron chi connectivity index (χ1n) is 3.28. The third-order valence-electron chi connectivity index (χ3n) is 1.40. The molecule has 56 valence electrons. The van der Waals surface area contributed by atoms with Crippen molar-refractivity contribution in [1.82, 2.24) is 15.2 Å². The van der Waals surface area contributed by atoms with Gasteiger partial charge in [-0.1, -0.05) is 0 Å². The fourth-order valence-corrected chi connectivity index (χ4v) is 0.886. The molecular formula is C7H7N3O. The quantitative estimate of drug-likeness (QED) is 0.666. The predicted molar refractivity (Wildman–Crippen MR) is 38.8 cm³/mol. The second-order valence-corrected chi connectivity index (χ2v) is 2.22. The molecule has 0 aliphatic carbocycles. The van der Waals surface area contributed by atoms with E-state index in [4.69, 9.17) is 4.42 Å². The average Bonchev–Trinajstić information content (AvgIpc) is 2.55. The summed E-state index contributed by atoms with van der Waals surface area (Å²) in [5.41, 5.74) is 1.67. The van der Waals surface area contributed by atoms with Crippen LogP contribution in [0.1, 0.15) is 5.89 Å². The zero-order valence-electron chi connectivity index (χ0n) is 6.03. The standard InChI is InChI=1S/C7H7N3O/c1-5-9-7(4-11-5)6-2-3-8-10-6/h2-4H,1H3,(H,8,10). The molecule has 0 amide bonds. The normalized spacial score (nSPS) is 10.3. The van der Waals surface area contributed by atoms with Crippen molar-refractivity contribution in [3.63, 3.8) is 0 Å². The molecule has 0 saturated heterocycles. The zero-order chi connectivity index (χ0) is 7.68. The van der Waals surface area contributed by atoms with Crippen LogP contribution in [-0.4, -0.2) is 15.2 Å². The molecule has 2 rings (SSSR count). The van der Waals surface area contributed by atoms with E-state index in [1.165, 1.54) is 0 Å². The van der Waals surface area contributed by atoms with Crippen molar-refractivity contribution in [3.8, 4) is 11.4 Å². The number of hydrogen-bond acceptors (Lipinski definition) is 3. The van der Waals surface area contributed by atoms with Crippen LogP contribution in [0, 0.1) is 6.92 Å². The molecule has 2 aromatic rings. The van der Waals surface area contributed by atoms with Gasteiger partial charge < -0.3 is 4.42 Å². The molecule has 11 heavy (non-hydrogen) atoms. The molecule has 0 unspecified atom stereocenters. The van der Waals surface area contributed by atoms with Crippen LogP contribution in [0.2, 0.25) is 0 Å². The van der Waals surface area contributed by atoms with Crippen molar-refractivity contribution >= 4 is 0 Å². The lowest BCUT2D eigenvalue weighted by Crippen LogP contribution is -1.77. The predicted octanol–water partition coefficient (Wildman–Crippen LogP) is 1.37. The summed E-state index contributed by atoms with van der Waals surface area (Å²) in [5.74, 6) is 0.662. The van der Waals surface area contributed by atoms with E-state index in [0.29, 0.717) is 5.89 Å². The maximum atomic E-state index is 5.03. The lowest BCUT2D eigenvalue weighted by molar-refractivity contribution is 0.521. The lowest BCUT2D eigenvalue weighted by atomic mass is 10.3. The Morgan fingerprint density at radius 1 is 1.55 bits per heavy atom. The maximum Gasteiger partial charge on any atom is 0.191 e. The summed E-state index contributed by atoms with van der Waals surface area (Å²) < 4.78 is 5.03. The van der Waals surface area contributed by atoms with Crippen LogP contribution in [0.4, 0.5) is 0 Å². The number of hydrogen-bond donors (Lipinski definition) is 1. The third-order valence-corrected chi connectivity index (χ3v) is 1.40. The Kier molecular flexibility index (Phi) is 1.25. The maximum absolute atomic E-state index is 5.03. The molecule has 0 radical (unpaired) electrons. The number of nitrogens with one attached hydrogen (secondary N) is 1. The molecular weight excluding hydrogens is 142 g/mol. The van der Waals surface area contributed by atoms with Gasteiger partial charge in [0.15, 0.2) is 5.89 Å². The van der Waals surface area contributed by atoms with E-state index in [0.717, 1.165) is 11.4 Å². The van der Waals surface area contributed by atoms with Gasteiger partial charge in [0, 0.05) is 13.1 Å². The van der Waals surface area contributed by atoms with Crippen LogP contribution in [0.25, 0.3) is 11.4 Å². The van der Waals surface area contributed by atoms with Crippen molar-refractivity contribution in [2.24, 2.45) is 0 Å². The summed E-state index contributed by atoms with van der Waals surface area (Å²) >= 11 is 0. The van der Waals surface area contributed by atoms with E-state index in [2.05, 4.69) is 15.2 Å². The largest absolute Gasteiger partial charge is 0.449 e. The van der Waals surface area contributed by atoms with Gasteiger partial charge in [0.1, 0.15) is 12.0 Å². The highest BCUT2D eigenvalue weighted by Gasteiger charge is 2.02. The number of rotatable bonds is 1. The van der Waals surface area contributed by atoms with Crippen molar-refractivity contribution in [2.75, 3.05) is 0 Å². The minimum atomic E-state index is 0.662. The summed E-state index contributed by atoms with van der Waals surface area (Å²) in [6.45, 7) is 1.81. The van der Waals surface area contributed by atoms with E-state index in [1.54, 1.807) is 19.4 Å². The summed E-state index contributed by atoms with van der Waals surface area (Å²) in [7, 11) is 0. The highest BCUT2D eigenvalue weighted by molar-refractivity contribution is 5.51. The van der Waals surface area contributed by atoms with Crippen LogP contribution >= 0.6 is 0 Å². The van der Waals surface area contributed by atoms with Gasteiger partial charge in [0.05, 0.1) is 5.69 Å². The molecule has 0 fully saturated rings. The molecule has 0 bridgehead atoms. The first-order valence-corrected chi connectivity index (χ1v) is 3.28. The summed E-state index contributed by atoms with van der Waals surface area (Å²) in [6.07, 6.45) is 3.28. The SMILES string of the molecule is Cc1nc(-c2ccn[nH]2)co1. The monoisotopic (exact) mass is 149 g/mol. The average molecular weight is 149 g/mol. The second-order valence-electron chi connectivity index (χ2n) is 2.22. The van der Waals surface area contributed by atoms with Crippen molar-refractivity contribution in [1.29, 1.82) is 0 Å². The molecule has 0 atom stereocenters. The molecule has 2 heterocycles. The van der Waals surface area contributed by atoms with E-state index in [1.807, 2.05) is 6.07 Å². The smallest absolute Gasteiger partial charge is 0.191 e. The van der Waals surface area contributed by atoms with Crippen molar-refractivity contribution in [2.45, 2.75) is 6.92 Å². The Labute approximate surface area is 63.3 Å². The van der Waals surface area contributed by atoms with Gasteiger partial charge in [-0.3, -0.25) is 5.10 Å². The van der Waals surface area contributed by atoms with Gasteiger partial charge in [0.25, 0.3) is 0 Å². The van der Waals surface area contributed by atoms with Gasteiger partial charge in [-0.05, 0) is 6.07 Å². The fourth-order valence-electron chi connectivity index (χ4n) is 0.886. The van der Waals surface area contributed by atoms with Crippen molar-refractivity contribution in [3.05, 3.63) is 24.4 Å². The van der Waals surface area contributed by atoms with Gasteiger partial charge in [-0.25, -0.2) is 4.98 Å². The van der Waals surface area contributed by atoms with Gasteiger partial charge in [-0.2, -0.15) is 5.10 Å². The Bertz CT molecular complexity index is 336. The highest BCUT2D eigenvalue weighted by Crippen LogP contribution is 2.13. The molecule has 4 heteroatoms. The van der Waals surface area contributed by atoms with Crippen LogP contribution in [0.3, 0.4) is 0 Å². The number of H-pyrrole nitrogens is 1. The van der Waals surface area contributed by atoms with Crippen LogP contribution < -0.4 is 0 Å². The van der Waals surface area contributed by atoms with Gasteiger partial charge in [0.2, 0.25) is 0 Å². The van der Waals surface area contributed by atoms with Crippen LogP contribution in [0.15, 0.2) is 22.9 Å². The Hall–Kier alpha value is -1.58. The highest BCUT2D eigenvalue weighted by atomic mass is 16.3. The van der Waals surface area contributed by atoms with E-state index in [9.17, 15) is 0 Å². The first kappa shape index (κ1) is 6.15. The summed E-state index contributed by atoms with van der Waals surface area (Å²) in [4.78, 5) is 4.12. The minimum absolute atomic E-state index is 0.662. The van der Waals surface area contributed by atoms with E-state index < -0.39 is 0 Å². The number of nitrogens with zero attached hydrogens (tertiary/aromatic N) is 2. The lowest BCUT2D eigenvalue weighted by Gasteiger charge is -1.83. The van der Waals surface area contributed by atoms with Gasteiger partial charge in [-0.15, -0.1) is 0 Å². The number of aromatic nitrogens is 3. The molecule has 4 nitrogen and oxygen atoms in total. The van der Waals surface area contributed by atoms with Crippen LogP contribution in [0.5, 0.6) is 0 Å². The molecule has 2 aromatic heterocycles. The molecule has 0 spiro atoms. The Morgan fingerprint density at radius 3 is 3.00 bits per heavy atom. The summed E-state index contributed by atoms with van der Waals surface area (Å²) in [6, 6.07) is 1.84. The van der Waals surface area contributed by atoms with Gasteiger partial charge >= 0.3 is 0 Å². The minimum Gasteiger partial charge on any atom is -0.449 e. The third kappa shape index (κ3) is 1.02. The Balaban J connectivity index is 2.45. The van der Waals surface area contributed by atoms with E-state index in [-0.39, 0.29) is 0 Å². The fraction of sp³-hybridized carbons (Fsp3) is 0.143. The molecule has 1 N–H and O–H groups in total. The number of oxazole rings is 1. The van der Waals surface area contributed by atoms with E-state index >= 15 is 0 Å². The number of aromatic amines is 1. The number of aryl methyl sites for hydroxylation is 1. The summed E-state index contributed by atoms with van der Waals surface area (Å²) in [5, 5.41) is 6.60. The van der Waals surface area contributed by atoms with Crippen LogP contribution in [-0.2, 0) is 0 Å². The molecule has 0 aliphatic heterocycles. The molecule has 0 aliphatic rings. The zero-order valence-corrected chi connectivity index (χ0v) is 6.03. The van der Waals surface area contributed by atoms with Crippen molar-refractivity contribution < 1.29 is 4.42 Å². The topological polar surface area (TPSA) is 54.7 Å². The first-order chi connectivity index (χ1) is 5.36. The molecule has 0 aromatic carbocycles. The molecule has 0 saturated carbocycles.